The van der Waals surface area contributed by atoms with Gasteiger partial charge < -0.3 is 0 Å². The van der Waals surface area contributed by atoms with E-state index in [0.29, 0.717) is 0 Å². The normalized spacial score (nSPS) is 23.1. The van der Waals surface area contributed by atoms with Crippen molar-refractivity contribution in [2.45, 2.75) is 12.1 Å². The van der Waals surface area contributed by atoms with Gasteiger partial charge in [0.05, 0.1) is 12.1 Å². The third-order valence-corrected chi connectivity index (χ3v) is 4.29. The van der Waals surface area contributed by atoms with Crippen molar-refractivity contribution >= 4 is 0 Å². The molecule has 0 N–H and O–H groups in total. The molecule has 1 nitrogen and oxygen atoms in total. The van der Waals surface area contributed by atoms with Crippen LogP contribution in [0.1, 0.15) is 34.3 Å². The molecule has 2 unspecified atom stereocenters. The van der Waals surface area contributed by atoms with Crippen LogP contribution < -0.4 is 0 Å². The first-order chi connectivity index (χ1) is 9.54. The second kappa shape index (κ2) is 3.61. The molecule has 2 aliphatic heterocycles. The number of nitrogens with zero attached hydrogens (tertiary/aromatic N) is 1. The van der Waals surface area contributed by atoms with Gasteiger partial charge in [0.15, 0.2) is 23.3 Å². The van der Waals surface area contributed by atoms with Gasteiger partial charge in [0.2, 0.25) is 0 Å². The summed E-state index contributed by atoms with van der Waals surface area (Å²) >= 11 is 0. The number of fused-ring (bicyclic) bond motifs is 8. The van der Waals surface area contributed by atoms with Crippen molar-refractivity contribution in [2.75, 3.05) is 7.05 Å². The highest BCUT2D eigenvalue weighted by atomic mass is 19.2. The Hall–Kier alpha value is -1.88. The van der Waals surface area contributed by atoms with Crippen molar-refractivity contribution in [1.29, 1.82) is 0 Å². The van der Waals surface area contributed by atoms with E-state index in [1.807, 2.05) is 0 Å². The zero-order valence-electron chi connectivity index (χ0n) is 10.4. The molecule has 0 fully saturated rings. The third kappa shape index (κ3) is 1.13. The van der Waals surface area contributed by atoms with E-state index in [1.165, 1.54) is 0 Å². The summed E-state index contributed by atoms with van der Waals surface area (Å²) in [6.07, 6.45) is 0. The monoisotopic (exact) mass is 279 g/mol. The highest BCUT2D eigenvalue weighted by Gasteiger charge is 2.50. The summed E-state index contributed by atoms with van der Waals surface area (Å²) in [6.45, 7) is 0. The molecule has 0 saturated carbocycles. The molecule has 0 spiro atoms. The molecule has 2 aromatic rings. The zero-order chi connectivity index (χ0) is 14.2. The molecule has 102 valence electrons. The molecule has 2 aliphatic rings. The van der Waals surface area contributed by atoms with E-state index >= 15 is 0 Å². The van der Waals surface area contributed by atoms with E-state index in [-0.39, 0.29) is 11.1 Å². The Labute approximate surface area is 112 Å². The number of rotatable bonds is 0. The largest absolute Gasteiger partial charge is 0.284 e. The van der Waals surface area contributed by atoms with Gasteiger partial charge in [-0.15, -0.1) is 0 Å². The van der Waals surface area contributed by atoms with E-state index in [4.69, 9.17) is 0 Å². The van der Waals surface area contributed by atoms with Gasteiger partial charge in [0, 0.05) is 11.1 Å². The predicted octanol–water partition coefficient (Wildman–Crippen LogP) is 3.68. The fourth-order valence-electron chi connectivity index (χ4n) is 3.52. The van der Waals surface area contributed by atoms with Gasteiger partial charge in [-0.25, -0.2) is 17.6 Å². The first kappa shape index (κ1) is 11.9. The maximum absolute atomic E-state index is 14.1. The Bertz CT molecular complexity index is 694. The van der Waals surface area contributed by atoms with Gasteiger partial charge in [0.1, 0.15) is 0 Å². The standard InChI is InChI=1S/C15H9F4N/c1-20-14-6-4-2-3-5-7(6)15(20)9-8(14)10(16)12(18)13(19)11(9)17/h2-5,14-15H,1H3. The molecule has 0 saturated heterocycles. The summed E-state index contributed by atoms with van der Waals surface area (Å²) in [6, 6.07) is 6.07. The smallest absolute Gasteiger partial charge is 0.197 e. The van der Waals surface area contributed by atoms with Crippen LogP contribution in [0.2, 0.25) is 0 Å². The lowest BCUT2D eigenvalue weighted by atomic mass is 9.85. The van der Waals surface area contributed by atoms with Crippen molar-refractivity contribution in [2.24, 2.45) is 0 Å². The predicted molar refractivity (Wildman–Crippen MR) is 64.2 cm³/mol. The summed E-state index contributed by atoms with van der Waals surface area (Å²) in [5.41, 5.74) is 1.48. The lowest BCUT2D eigenvalue weighted by Crippen LogP contribution is -2.14. The van der Waals surface area contributed by atoms with Gasteiger partial charge in [-0.2, -0.15) is 0 Å². The third-order valence-electron chi connectivity index (χ3n) is 4.29. The highest BCUT2D eigenvalue weighted by molar-refractivity contribution is 5.58. The Morgan fingerprint density at radius 1 is 0.750 bits per heavy atom. The molecule has 2 atom stereocenters. The van der Waals surface area contributed by atoms with E-state index in [1.54, 1.807) is 36.2 Å². The average molecular weight is 279 g/mol. The fourth-order valence-corrected chi connectivity index (χ4v) is 3.52. The summed E-state index contributed by atoms with van der Waals surface area (Å²) in [5.74, 6) is -6.04. The number of halogens is 4. The van der Waals surface area contributed by atoms with Gasteiger partial charge in [-0.05, 0) is 18.2 Å². The maximum Gasteiger partial charge on any atom is 0.197 e. The van der Waals surface area contributed by atoms with E-state index < -0.39 is 35.4 Å². The SMILES string of the molecule is CN1C2c3ccccc3C1c1c(F)c(F)c(F)c(F)c12. The molecule has 5 heteroatoms. The van der Waals surface area contributed by atoms with Crippen LogP contribution in [0.4, 0.5) is 17.6 Å². The molecule has 2 heterocycles. The van der Waals surface area contributed by atoms with Crippen LogP contribution in [0, 0.1) is 23.3 Å². The molecule has 20 heavy (non-hydrogen) atoms. The van der Waals surface area contributed by atoms with Crippen LogP contribution in [0.5, 0.6) is 0 Å². The molecule has 0 amide bonds. The molecule has 0 aliphatic carbocycles. The van der Waals surface area contributed by atoms with Crippen LogP contribution in [0.3, 0.4) is 0 Å². The molecule has 0 radical (unpaired) electrons. The molecule has 2 bridgehead atoms. The van der Waals surface area contributed by atoms with Crippen LogP contribution in [0.25, 0.3) is 0 Å². The molecule has 4 rings (SSSR count). The van der Waals surface area contributed by atoms with Crippen molar-refractivity contribution in [1.82, 2.24) is 4.90 Å². The zero-order valence-corrected chi connectivity index (χ0v) is 10.4. The molecule has 2 aromatic carbocycles. The number of hydrogen-bond donors (Lipinski definition) is 0. The van der Waals surface area contributed by atoms with Crippen molar-refractivity contribution in [3.8, 4) is 0 Å². The van der Waals surface area contributed by atoms with E-state index in [0.717, 1.165) is 11.1 Å². The molecular weight excluding hydrogens is 270 g/mol. The second-order valence-electron chi connectivity index (χ2n) is 5.18. The van der Waals surface area contributed by atoms with E-state index in [9.17, 15) is 17.6 Å². The van der Waals surface area contributed by atoms with Gasteiger partial charge in [0.25, 0.3) is 0 Å². The van der Waals surface area contributed by atoms with Gasteiger partial charge in [-0.3, -0.25) is 4.90 Å². The fraction of sp³-hybridized carbons (Fsp3) is 0.200. The van der Waals surface area contributed by atoms with Crippen molar-refractivity contribution in [3.63, 3.8) is 0 Å². The minimum atomic E-state index is -1.74. The van der Waals surface area contributed by atoms with E-state index in [2.05, 4.69) is 0 Å². The second-order valence-corrected chi connectivity index (χ2v) is 5.18. The van der Waals surface area contributed by atoms with Crippen LogP contribution in [0.15, 0.2) is 24.3 Å². The summed E-state index contributed by atoms with van der Waals surface area (Å²) < 4.78 is 55.1. The topological polar surface area (TPSA) is 3.24 Å². The quantitative estimate of drug-likeness (QED) is 0.404. The number of hydrogen-bond acceptors (Lipinski definition) is 1. The summed E-state index contributed by atoms with van der Waals surface area (Å²) in [4.78, 5) is 1.74. The Morgan fingerprint density at radius 3 is 1.55 bits per heavy atom. The summed E-state index contributed by atoms with van der Waals surface area (Å²) in [5, 5.41) is 0. The first-order valence-electron chi connectivity index (χ1n) is 6.20. The Balaban J connectivity index is 2.10. The first-order valence-corrected chi connectivity index (χ1v) is 6.20. The van der Waals surface area contributed by atoms with Gasteiger partial charge in [-0.1, -0.05) is 24.3 Å². The highest BCUT2D eigenvalue weighted by Crippen LogP contribution is 2.57. The lowest BCUT2D eigenvalue weighted by Gasteiger charge is -2.18. The Kier molecular flexibility index (Phi) is 2.15. The molecular formula is C15H9F4N. The minimum Gasteiger partial charge on any atom is -0.284 e. The Morgan fingerprint density at radius 2 is 1.15 bits per heavy atom. The minimum absolute atomic E-state index is 0.0763. The average Bonchev–Trinajstić information content (AvgIpc) is 2.91. The van der Waals surface area contributed by atoms with Crippen LogP contribution in [-0.4, -0.2) is 11.9 Å². The van der Waals surface area contributed by atoms with Crippen LogP contribution in [-0.2, 0) is 0 Å². The van der Waals surface area contributed by atoms with Crippen molar-refractivity contribution in [3.05, 3.63) is 69.8 Å². The number of benzene rings is 2. The van der Waals surface area contributed by atoms with Crippen LogP contribution >= 0.6 is 0 Å². The maximum atomic E-state index is 14.1. The lowest BCUT2D eigenvalue weighted by molar-refractivity contribution is 0.291. The molecule has 0 aromatic heterocycles. The summed E-state index contributed by atoms with van der Waals surface area (Å²) in [7, 11) is 1.70. The van der Waals surface area contributed by atoms with Crippen molar-refractivity contribution < 1.29 is 17.6 Å². The van der Waals surface area contributed by atoms with Gasteiger partial charge >= 0.3 is 0 Å².